The van der Waals surface area contributed by atoms with Gasteiger partial charge in [-0.15, -0.1) is 0 Å². The van der Waals surface area contributed by atoms with Crippen LogP contribution in [-0.2, 0) is 33.3 Å². The molecule has 5 atom stereocenters. The van der Waals surface area contributed by atoms with Crippen LogP contribution in [0.25, 0.3) is 0 Å². The van der Waals surface area contributed by atoms with Crippen molar-refractivity contribution in [3.05, 3.63) is 29.0 Å². The lowest BCUT2D eigenvalue weighted by Crippen LogP contribution is -2.63. The van der Waals surface area contributed by atoms with Crippen molar-refractivity contribution in [2.45, 2.75) is 55.5 Å². The van der Waals surface area contributed by atoms with Crippen LogP contribution in [-0.4, -0.2) is 54.3 Å². The summed E-state index contributed by atoms with van der Waals surface area (Å²) in [6, 6.07) is 2.95. The monoisotopic (exact) mass is 449 g/mol. The molecule has 29 heavy (non-hydrogen) atoms. The highest BCUT2D eigenvalue weighted by atomic mass is 35.5. The van der Waals surface area contributed by atoms with Crippen LogP contribution in [0.3, 0.4) is 0 Å². The van der Waals surface area contributed by atoms with E-state index in [-0.39, 0.29) is 11.5 Å². The van der Waals surface area contributed by atoms with Gasteiger partial charge in [-0.3, -0.25) is 14.4 Å². The molecule has 0 spiro atoms. The van der Waals surface area contributed by atoms with E-state index in [1.54, 1.807) is 0 Å². The zero-order chi connectivity index (χ0) is 21.7. The maximum absolute atomic E-state index is 14.2. The summed E-state index contributed by atoms with van der Waals surface area (Å²) in [6.45, 7) is 3.31. The van der Waals surface area contributed by atoms with Crippen LogP contribution in [0.15, 0.2) is 23.1 Å². The maximum Gasteiger partial charge on any atom is 0.303 e. The molecule has 1 aliphatic rings. The summed E-state index contributed by atoms with van der Waals surface area (Å²) >= 11 is 6.83. The lowest BCUT2D eigenvalue weighted by atomic mass is 9.97. The standard InChI is InChI=1S/C18H21ClFNO7S/c1-8(22)25-7-13-16(26-9(2)23)15(21)17(27-10(3)24)18(28-13)29-14-6-11(19)4-5-12(14)20/h4-6,13,15-18H,7,21H2,1-3H3. The Hall–Kier alpha value is -1.88. The van der Waals surface area contributed by atoms with Crippen LogP contribution in [0.1, 0.15) is 20.8 Å². The van der Waals surface area contributed by atoms with E-state index >= 15 is 0 Å². The second-order valence-corrected chi connectivity index (χ2v) is 7.84. The molecule has 1 heterocycles. The summed E-state index contributed by atoms with van der Waals surface area (Å²) < 4.78 is 35.6. The van der Waals surface area contributed by atoms with Gasteiger partial charge in [0.2, 0.25) is 0 Å². The Bertz CT molecular complexity index is 779. The van der Waals surface area contributed by atoms with Crippen LogP contribution in [0.5, 0.6) is 0 Å². The number of ether oxygens (including phenoxy) is 4. The van der Waals surface area contributed by atoms with Gasteiger partial charge in [-0.2, -0.15) is 0 Å². The van der Waals surface area contributed by atoms with Crippen molar-refractivity contribution in [1.29, 1.82) is 0 Å². The normalized spacial score (nSPS) is 26.5. The zero-order valence-electron chi connectivity index (χ0n) is 15.9. The molecule has 2 N–H and O–H groups in total. The van der Waals surface area contributed by atoms with Gasteiger partial charge < -0.3 is 24.7 Å². The van der Waals surface area contributed by atoms with Crippen molar-refractivity contribution in [2.24, 2.45) is 5.73 Å². The Morgan fingerprint density at radius 3 is 2.34 bits per heavy atom. The van der Waals surface area contributed by atoms with Crippen molar-refractivity contribution in [2.75, 3.05) is 6.61 Å². The van der Waals surface area contributed by atoms with Crippen LogP contribution < -0.4 is 5.73 Å². The molecule has 0 amide bonds. The van der Waals surface area contributed by atoms with Gasteiger partial charge in [0.1, 0.15) is 30.1 Å². The third kappa shape index (κ3) is 6.56. The molecular weight excluding hydrogens is 429 g/mol. The number of esters is 3. The Morgan fingerprint density at radius 2 is 1.76 bits per heavy atom. The predicted molar refractivity (Wildman–Crippen MR) is 102 cm³/mol. The summed E-state index contributed by atoms with van der Waals surface area (Å²) in [6.07, 6.45) is -3.09. The number of halogens is 2. The van der Waals surface area contributed by atoms with E-state index in [0.717, 1.165) is 11.8 Å². The van der Waals surface area contributed by atoms with E-state index in [1.807, 2.05) is 0 Å². The number of carbonyl (C=O) groups excluding carboxylic acids is 3. The number of hydrogen-bond acceptors (Lipinski definition) is 9. The summed E-state index contributed by atoms with van der Waals surface area (Å²) in [4.78, 5) is 34.4. The van der Waals surface area contributed by atoms with E-state index in [0.29, 0.717) is 5.02 Å². The van der Waals surface area contributed by atoms with Crippen LogP contribution in [0.4, 0.5) is 4.39 Å². The third-order valence-corrected chi connectivity index (χ3v) is 5.31. The fourth-order valence-electron chi connectivity index (χ4n) is 2.74. The molecule has 2 rings (SSSR count). The van der Waals surface area contributed by atoms with E-state index in [9.17, 15) is 18.8 Å². The molecule has 0 aliphatic carbocycles. The SMILES string of the molecule is CC(=O)OCC1OC(Sc2cc(Cl)ccc2F)C(OC(C)=O)C(N)C1OC(C)=O. The summed E-state index contributed by atoms with van der Waals surface area (Å²) in [5.74, 6) is -2.42. The van der Waals surface area contributed by atoms with E-state index < -0.39 is 53.5 Å². The van der Waals surface area contributed by atoms with Gasteiger partial charge in [0.25, 0.3) is 0 Å². The van der Waals surface area contributed by atoms with Crippen molar-refractivity contribution in [3.63, 3.8) is 0 Å². The number of nitrogens with two attached hydrogens (primary N) is 1. The first kappa shape index (κ1) is 23.4. The molecule has 5 unspecified atom stereocenters. The smallest absolute Gasteiger partial charge is 0.303 e. The molecule has 1 aromatic rings. The Kier molecular flexibility index (Phi) is 8.26. The summed E-state index contributed by atoms with van der Waals surface area (Å²) in [5, 5.41) is 0.298. The quantitative estimate of drug-likeness (QED) is 0.514. The minimum atomic E-state index is -1.08. The van der Waals surface area contributed by atoms with Gasteiger partial charge in [0.05, 0.1) is 6.04 Å². The predicted octanol–water partition coefficient (Wildman–Crippen LogP) is 2.05. The number of rotatable bonds is 6. The molecule has 160 valence electrons. The highest BCUT2D eigenvalue weighted by Gasteiger charge is 2.48. The Balaban J connectivity index is 2.34. The Morgan fingerprint density at radius 1 is 1.14 bits per heavy atom. The largest absolute Gasteiger partial charge is 0.463 e. The lowest BCUT2D eigenvalue weighted by Gasteiger charge is -2.43. The fourth-order valence-corrected chi connectivity index (χ4v) is 4.17. The lowest BCUT2D eigenvalue weighted by molar-refractivity contribution is -0.201. The Labute approximate surface area is 176 Å². The molecule has 0 saturated carbocycles. The van der Waals surface area contributed by atoms with Gasteiger partial charge in [-0.05, 0) is 18.2 Å². The second-order valence-electron chi connectivity index (χ2n) is 6.26. The summed E-state index contributed by atoms with van der Waals surface area (Å²) in [5.41, 5.74) is 5.24. The minimum absolute atomic E-state index is 0.143. The number of carbonyl (C=O) groups is 3. The average Bonchev–Trinajstić information content (AvgIpc) is 2.61. The van der Waals surface area contributed by atoms with Gasteiger partial charge in [0.15, 0.2) is 6.10 Å². The number of benzene rings is 1. The zero-order valence-corrected chi connectivity index (χ0v) is 17.5. The van der Waals surface area contributed by atoms with Crippen LogP contribution in [0, 0.1) is 5.82 Å². The highest BCUT2D eigenvalue weighted by molar-refractivity contribution is 7.99. The number of hydrogen-bond donors (Lipinski definition) is 1. The van der Waals surface area contributed by atoms with Crippen LogP contribution in [0.2, 0.25) is 5.02 Å². The molecule has 0 aromatic heterocycles. The first-order chi connectivity index (χ1) is 13.6. The van der Waals surface area contributed by atoms with Gasteiger partial charge >= 0.3 is 17.9 Å². The second kappa shape index (κ2) is 10.2. The molecule has 11 heteroatoms. The minimum Gasteiger partial charge on any atom is -0.463 e. The molecule has 1 saturated heterocycles. The van der Waals surface area contributed by atoms with Gasteiger partial charge in [-0.25, -0.2) is 4.39 Å². The van der Waals surface area contributed by atoms with E-state index in [1.165, 1.54) is 39.0 Å². The van der Waals surface area contributed by atoms with Gasteiger partial charge in [0, 0.05) is 30.7 Å². The molecule has 1 aliphatic heterocycles. The highest BCUT2D eigenvalue weighted by Crippen LogP contribution is 2.37. The molecular formula is C18H21ClFNO7S. The first-order valence-corrected chi connectivity index (χ1v) is 9.84. The third-order valence-electron chi connectivity index (χ3n) is 3.89. The summed E-state index contributed by atoms with van der Waals surface area (Å²) in [7, 11) is 0. The first-order valence-electron chi connectivity index (χ1n) is 8.59. The van der Waals surface area contributed by atoms with Crippen LogP contribution >= 0.6 is 23.4 Å². The van der Waals surface area contributed by atoms with E-state index in [2.05, 4.69) is 0 Å². The topological polar surface area (TPSA) is 114 Å². The fraction of sp³-hybridized carbons (Fsp3) is 0.500. The van der Waals surface area contributed by atoms with Crippen molar-refractivity contribution in [3.8, 4) is 0 Å². The molecule has 1 aromatic carbocycles. The average molecular weight is 450 g/mol. The molecule has 0 bridgehead atoms. The van der Waals surface area contributed by atoms with Gasteiger partial charge in [-0.1, -0.05) is 23.4 Å². The molecule has 0 radical (unpaired) electrons. The van der Waals surface area contributed by atoms with Crippen molar-refractivity contribution >= 4 is 41.3 Å². The molecule has 8 nitrogen and oxygen atoms in total. The maximum atomic E-state index is 14.2. The van der Waals surface area contributed by atoms with Crippen molar-refractivity contribution < 1.29 is 37.7 Å². The molecule has 1 fully saturated rings. The number of thioether (sulfide) groups is 1. The van der Waals surface area contributed by atoms with E-state index in [4.69, 9.17) is 36.3 Å². The van der Waals surface area contributed by atoms with Crippen molar-refractivity contribution in [1.82, 2.24) is 0 Å².